The summed E-state index contributed by atoms with van der Waals surface area (Å²) in [6, 6.07) is 16.4. The molecule has 1 aromatic heterocycles. The van der Waals surface area contributed by atoms with E-state index in [1.807, 2.05) is 6.92 Å². The van der Waals surface area contributed by atoms with E-state index in [2.05, 4.69) is 9.98 Å². The third kappa shape index (κ3) is 6.45. The molecule has 1 aliphatic rings. The molecular weight excluding hydrogens is 546 g/mol. The first kappa shape index (κ1) is 31.4. The number of ketones is 1. The molecule has 3 atom stereocenters. The van der Waals surface area contributed by atoms with E-state index >= 15 is 0 Å². The molecule has 4 rings (SSSR count). The number of aliphatic imine (C=N–C) groups is 1. The summed E-state index contributed by atoms with van der Waals surface area (Å²) in [5.41, 5.74) is 6.88. The number of quaternary nitrogens is 1. The number of ether oxygens (including phenoxy) is 1. The monoisotopic (exact) mass is 584 g/mol. The molecule has 2 N–H and O–H groups in total. The van der Waals surface area contributed by atoms with Gasteiger partial charge in [-0.25, -0.2) is 4.79 Å². The van der Waals surface area contributed by atoms with Crippen LogP contribution in [0.1, 0.15) is 57.5 Å². The number of hydrogen-bond acceptors (Lipinski definition) is 8. The number of benzene rings is 2. The number of pyridine rings is 1. The predicted molar refractivity (Wildman–Crippen MR) is 164 cm³/mol. The first-order valence-electron chi connectivity index (χ1n) is 14.2. The second-order valence-electron chi connectivity index (χ2n) is 11.5. The normalized spacial score (nSPS) is 18.7. The van der Waals surface area contributed by atoms with Crippen molar-refractivity contribution in [3.63, 3.8) is 0 Å². The average molecular weight is 585 g/mol. The Hall–Kier alpha value is -4.54. The van der Waals surface area contributed by atoms with Crippen LogP contribution < -0.4 is 15.1 Å². The average Bonchev–Trinajstić information content (AvgIpc) is 3.09. The van der Waals surface area contributed by atoms with E-state index in [4.69, 9.17) is 10.5 Å². The summed E-state index contributed by atoms with van der Waals surface area (Å²) in [5.74, 6) is -1.88. The summed E-state index contributed by atoms with van der Waals surface area (Å²) >= 11 is 0. The van der Waals surface area contributed by atoms with Crippen molar-refractivity contribution in [2.75, 3.05) is 13.2 Å². The number of benzodiazepines with no additional fused rings is 1. The fraction of sp³-hybridized carbons (Fsp3) is 0.333. The maximum atomic E-state index is 15.0. The largest absolute Gasteiger partial charge is 0.494 e. The summed E-state index contributed by atoms with van der Waals surface area (Å²) < 4.78 is 4.48. The number of hydrogen-bond donors (Lipinski definition) is 1. The van der Waals surface area contributed by atoms with Crippen LogP contribution in [0.25, 0.3) is 0 Å². The molecule has 0 spiro atoms. The molecule has 43 heavy (non-hydrogen) atoms. The first-order valence-corrected chi connectivity index (χ1v) is 14.2. The number of carbonyl (C=O) groups is 4. The topological polar surface area (TPSA) is 132 Å². The predicted octanol–water partition coefficient (Wildman–Crippen LogP) is 3.96. The summed E-state index contributed by atoms with van der Waals surface area (Å²) in [7, 11) is 0. The highest BCUT2D eigenvalue weighted by Gasteiger charge is 2.58. The van der Waals surface area contributed by atoms with Crippen LogP contribution in [-0.4, -0.2) is 58.9 Å². The second-order valence-corrected chi connectivity index (χ2v) is 11.5. The maximum Gasteiger partial charge on any atom is 0.374 e. The Morgan fingerprint density at radius 1 is 1.02 bits per heavy atom. The van der Waals surface area contributed by atoms with Crippen molar-refractivity contribution < 1.29 is 23.9 Å². The standard InChI is InChI=1S/C33H38N5O5/c1-6-43-25-16-14-23(15-17-25)19-29(40)37(31(41)22(2)34)38(21-28(39)33(3,4)5)27-13-8-7-11-24(27)20-36-30(32(38)42)26-12-9-10-18-35-26/h7-18,20,22,30H,6,19,21,34H2,1-5H3/q+1/t22-,30?,38?/m0/s1. The van der Waals surface area contributed by atoms with E-state index in [0.29, 0.717) is 29.2 Å². The Morgan fingerprint density at radius 3 is 2.30 bits per heavy atom. The lowest BCUT2D eigenvalue weighted by Crippen LogP contribution is -2.73. The number of carbonyl (C=O) groups excluding carboxylic acids is 4. The smallest absolute Gasteiger partial charge is 0.374 e. The Labute approximate surface area is 251 Å². The number of amides is 3. The molecule has 10 nitrogen and oxygen atoms in total. The molecule has 1 aliphatic heterocycles. The Bertz CT molecular complexity index is 1530. The van der Waals surface area contributed by atoms with Crippen LogP contribution >= 0.6 is 0 Å². The number of fused-ring (bicyclic) bond motifs is 1. The second kappa shape index (κ2) is 12.8. The highest BCUT2D eigenvalue weighted by Crippen LogP contribution is 2.39. The molecule has 2 aromatic carbocycles. The highest BCUT2D eigenvalue weighted by atomic mass is 16.5. The van der Waals surface area contributed by atoms with Crippen LogP contribution in [0.15, 0.2) is 77.9 Å². The molecule has 0 saturated carbocycles. The van der Waals surface area contributed by atoms with E-state index in [-0.39, 0.29) is 17.9 Å². The first-order chi connectivity index (χ1) is 20.4. The van der Waals surface area contributed by atoms with Gasteiger partial charge in [0.1, 0.15) is 5.75 Å². The highest BCUT2D eigenvalue weighted by molar-refractivity contribution is 6.10. The molecule has 3 aromatic rings. The number of nitrogens with two attached hydrogens (primary N) is 1. The van der Waals surface area contributed by atoms with Gasteiger partial charge in [0.15, 0.2) is 18.0 Å². The molecule has 224 valence electrons. The number of imide groups is 1. The van der Waals surface area contributed by atoms with Gasteiger partial charge < -0.3 is 10.5 Å². The van der Waals surface area contributed by atoms with Crippen molar-refractivity contribution >= 4 is 35.4 Å². The van der Waals surface area contributed by atoms with E-state index in [9.17, 15) is 19.2 Å². The molecule has 0 fully saturated rings. The zero-order chi connectivity index (χ0) is 31.4. The lowest BCUT2D eigenvalue weighted by Gasteiger charge is -2.43. The number of aromatic nitrogens is 1. The molecule has 10 heteroatoms. The number of nitrogens with zero attached hydrogens (tertiary/aromatic N) is 4. The minimum atomic E-state index is -1.22. The molecule has 0 bridgehead atoms. The van der Waals surface area contributed by atoms with Crippen molar-refractivity contribution in [2.45, 2.75) is 53.1 Å². The van der Waals surface area contributed by atoms with E-state index in [1.165, 1.54) is 19.3 Å². The van der Waals surface area contributed by atoms with Crippen molar-refractivity contribution in [3.05, 3.63) is 89.7 Å². The van der Waals surface area contributed by atoms with Gasteiger partial charge >= 0.3 is 5.91 Å². The summed E-state index contributed by atoms with van der Waals surface area (Å²) in [5, 5.41) is 0.872. The van der Waals surface area contributed by atoms with Gasteiger partial charge in [0, 0.05) is 23.9 Å². The summed E-state index contributed by atoms with van der Waals surface area (Å²) in [6.45, 7) is 8.47. The quantitative estimate of drug-likeness (QED) is 0.377. The molecular formula is C33H38N5O5+. The van der Waals surface area contributed by atoms with Gasteiger partial charge in [0.05, 0.1) is 30.3 Å². The van der Waals surface area contributed by atoms with Crippen LogP contribution in [0.4, 0.5) is 5.69 Å². The number of para-hydroxylation sites is 1. The lowest BCUT2D eigenvalue weighted by atomic mass is 9.89. The fourth-order valence-corrected chi connectivity index (χ4v) is 4.89. The summed E-state index contributed by atoms with van der Waals surface area (Å²) in [4.78, 5) is 66.3. The van der Waals surface area contributed by atoms with Crippen LogP contribution in [0.2, 0.25) is 0 Å². The Kier molecular flexibility index (Phi) is 9.32. The molecule has 2 unspecified atom stereocenters. The van der Waals surface area contributed by atoms with Gasteiger partial charge in [-0.1, -0.05) is 51.1 Å². The van der Waals surface area contributed by atoms with Crippen LogP contribution in [0.5, 0.6) is 5.75 Å². The lowest BCUT2D eigenvalue weighted by molar-refractivity contribution is -0.174. The summed E-state index contributed by atoms with van der Waals surface area (Å²) in [6.07, 6.45) is 2.83. The van der Waals surface area contributed by atoms with Gasteiger partial charge in [-0.15, -0.1) is 9.60 Å². The fourth-order valence-electron chi connectivity index (χ4n) is 4.89. The van der Waals surface area contributed by atoms with Crippen molar-refractivity contribution in [3.8, 4) is 5.75 Å². The third-order valence-corrected chi connectivity index (χ3v) is 7.24. The minimum absolute atomic E-state index is 0.237. The molecule has 3 amide bonds. The van der Waals surface area contributed by atoms with E-state index in [0.717, 1.165) is 5.01 Å². The van der Waals surface area contributed by atoms with Crippen LogP contribution in [0.3, 0.4) is 0 Å². The number of rotatable bonds is 9. The Morgan fingerprint density at radius 2 is 1.70 bits per heavy atom. The van der Waals surface area contributed by atoms with Crippen molar-refractivity contribution in [2.24, 2.45) is 16.1 Å². The zero-order valence-corrected chi connectivity index (χ0v) is 25.2. The zero-order valence-electron chi connectivity index (χ0n) is 25.2. The van der Waals surface area contributed by atoms with Crippen LogP contribution in [0, 0.1) is 5.41 Å². The van der Waals surface area contributed by atoms with Gasteiger partial charge in [-0.05, 0) is 49.7 Å². The van der Waals surface area contributed by atoms with Crippen molar-refractivity contribution in [1.82, 2.24) is 14.6 Å². The maximum absolute atomic E-state index is 15.0. The SMILES string of the molecule is CCOc1ccc(CC(=O)N(C(=O)[C@H](C)N)[N+]2(CC(=O)C(C)(C)C)C(=O)C(c3ccccn3)N=Cc3ccccc32)cc1. The third-order valence-electron chi connectivity index (χ3n) is 7.24. The van der Waals surface area contributed by atoms with Crippen LogP contribution in [-0.2, 0) is 25.6 Å². The minimum Gasteiger partial charge on any atom is -0.494 e. The Balaban J connectivity index is 1.99. The molecule has 0 radical (unpaired) electrons. The molecule has 0 saturated heterocycles. The van der Waals surface area contributed by atoms with Gasteiger partial charge in [0.2, 0.25) is 6.04 Å². The van der Waals surface area contributed by atoms with Gasteiger partial charge in [0.25, 0.3) is 11.8 Å². The van der Waals surface area contributed by atoms with E-state index in [1.54, 1.807) is 87.5 Å². The molecule has 2 heterocycles. The number of Topliss-reactive ketones (excluding diaryl/α,β-unsaturated/α-hetero) is 1. The molecule has 0 aliphatic carbocycles. The van der Waals surface area contributed by atoms with Crippen molar-refractivity contribution in [1.29, 1.82) is 0 Å². The van der Waals surface area contributed by atoms with E-state index < -0.39 is 46.4 Å². The van der Waals surface area contributed by atoms with Gasteiger partial charge in [-0.3, -0.25) is 24.4 Å². The van der Waals surface area contributed by atoms with Gasteiger partial charge in [-0.2, -0.15) is 0 Å².